The lowest BCUT2D eigenvalue weighted by Crippen LogP contribution is -2.29. The quantitative estimate of drug-likeness (QED) is 0.634. The molecule has 1 aromatic carbocycles. The molecule has 1 atom stereocenters. The number of imide groups is 1. The molecule has 96 valence electrons. The van der Waals surface area contributed by atoms with Gasteiger partial charge in [-0.15, -0.1) is 0 Å². The molecule has 1 heterocycles. The summed E-state index contributed by atoms with van der Waals surface area (Å²) in [4.78, 5) is 24.1. The monoisotopic (exact) mass is 269 g/mol. The molecule has 6 nitrogen and oxygen atoms in total. The first-order valence-electron chi connectivity index (χ1n) is 5.25. The molecule has 1 unspecified atom stereocenters. The zero-order chi connectivity index (χ0) is 13.5. The number of carbonyl (C=O) groups is 2. The Balaban J connectivity index is 2.36. The molecular weight excluding hydrogens is 258 g/mol. The minimum atomic E-state index is -4.27. The highest BCUT2D eigenvalue weighted by Crippen LogP contribution is 2.26. The molecule has 0 radical (unpaired) electrons. The Hall–Kier alpha value is -1.73. The first-order valence-corrected chi connectivity index (χ1v) is 6.69. The summed E-state index contributed by atoms with van der Waals surface area (Å²) in [6.45, 7) is 1.66. The minimum absolute atomic E-state index is 0.152. The summed E-state index contributed by atoms with van der Waals surface area (Å²) in [6, 6.07) is 4.93. The van der Waals surface area contributed by atoms with E-state index in [4.69, 9.17) is 4.55 Å². The average molecular weight is 269 g/mol. The van der Waals surface area contributed by atoms with Crippen molar-refractivity contribution in [1.82, 2.24) is 0 Å². The van der Waals surface area contributed by atoms with Gasteiger partial charge in [0.25, 0.3) is 10.1 Å². The van der Waals surface area contributed by atoms with E-state index < -0.39 is 10.1 Å². The summed E-state index contributed by atoms with van der Waals surface area (Å²) < 4.78 is 30.5. The van der Waals surface area contributed by atoms with Crippen molar-refractivity contribution >= 4 is 27.6 Å². The molecule has 0 saturated carbocycles. The molecule has 1 aliphatic heterocycles. The Kier molecular flexibility index (Phi) is 2.95. The van der Waals surface area contributed by atoms with Crippen molar-refractivity contribution in [3.63, 3.8) is 0 Å². The van der Waals surface area contributed by atoms with Gasteiger partial charge >= 0.3 is 0 Å². The van der Waals surface area contributed by atoms with Gasteiger partial charge in [-0.05, 0) is 24.3 Å². The lowest BCUT2D eigenvalue weighted by molar-refractivity contribution is -0.122. The van der Waals surface area contributed by atoms with Crippen molar-refractivity contribution in [2.24, 2.45) is 5.92 Å². The molecule has 1 saturated heterocycles. The van der Waals surface area contributed by atoms with E-state index in [-0.39, 0.29) is 29.0 Å². The van der Waals surface area contributed by atoms with E-state index in [1.807, 2.05) is 0 Å². The van der Waals surface area contributed by atoms with Crippen molar-refractivity contribution in [3.05, 3.63) is 24.3 Å². The number of carbonyl (C=O) groups excluding carboxylic acids is 2. The zero-order valence-corrected chi connectivity index (χ0v) is 10.3. The first-order chi connectivity index (χ1) is 8.30. The number of hydrogen-bond acceptors (Lipinski definition) is 4. The standard InChI is InChI=1S/C11H11NO5S/c1-7-6-10(13)12(11(7)14)8-2-4-9(5-3-8)18(15,16)17/h2-5,7H,6H2,1H3,(H,15,16,17). The third kappa shape index (κ3) is 2.14. The van der Waals surface area contributed by atoms with Crippen LogP contribution in [0.25, 0.3) is 0 Å². The lowest BCUT2D eigenvalue weighted by Gasteiger charge is -2.14. The van der Waals surface area contributed by atoms with Crippen molar-refractivity contribution in [3.8, 4) is 0 Å². The fraction of sp³-hybridized carbons (Fsp3) is 0.273. The molecule has 18 heavy (non-hydrogen) atoms. The van der Waals surface area contributed by atoms with Crippen LogP contribution in [0.5, 0.6) is 0 Å². The predicted octanol–water partition coefficient (Wildman–Crippen LogP) is 0.833. The van der Waals surface area contributed by atoms with Crippen LogP contribution in [0.2, 0.25) is 0 Å². The van der Waals surface area contributed by atoms with Gasteiger partial charge in [-0.1, -0.05) is 6.92 Å². The van der Waals surface area contributed by atoms with Crippen LogP contribution in [-0.4, -0.2) is 24.8 Å². The first kappa shape index (κ1) is 12.7. The van der Waals surface area contributed by atoms with Crippen molar-refractivity contribution in [2.75, 3.05) is 4.90 Å². The fourth-order valence-corrected chi connectivity index (χ4v) is 2.30. The summed E-state index contributed by atoms with van der Waals surface area (Å²) in [5, 5.41) is 0. The summed E-state index contributed by atoms with van der Waals surface area (Å²) in [6.07, 6.45) is 0.152. The summed E-state index contributed by atoms with van der Waals surface area (Å²) in [5.41, 5.74) is 0.307. The topological polar surface area (TPSA) is 91.8 Å². The molecule has 2 amide bonds. The van der Waals surface area contributed by atoms with Crippen LogP contribution in [0.1, 0.15) is 13.3 Å². The molecule has 1 fully saturated rings. The third-order valence-electron chi connectivity index (χ3n) is 2.76. The second-order valence-electron chi connectivity index (χ2n) is 4.14. The number of anilines is 1. The Morgan fingerprint density at radius 1 is 1.22 bits per heavy atom. The fourth-order valence-electron chi connectivity index (χ4n) is 1.82. The Bertz CT molecular complexity index is 605. The van der Waals surface area contributed by atoms with E-state index in [1.165, 1.54) is 12.1 Å². The van der Waals surface area contributed by atoms with Crippen molar-refractivity contribution < 1.29 is 22.6 Å². The molecule has 1 aliphatic rings. The second-order valence-corrected chi connectivity index (χ2v) is 5.56. The highest BCUT2D eigenvalue weighted by atomic mass is 32.2. The molecule has 2 rings (SSSR count). The minimum Gasteiger partial charge on any atom is -0.282 e. The summed E-state index contributed by atoms with van der Waals surface area (Å²) in [7, 11) is -4.27. The van der Waals surface area contributed by atoms with Gasteiger partial charge in [0.2, 0.25) is 11.8 Å². The normalized spacial score (nSPS) is 20.6. The van der Waals surface area contributed by atoms with Gasteiger partial charge in [0, 0.05) is 12.3 Å². The number of hydrogen-bond donors (Lipinski definition) is 1. The van der Waals surface area contributed by atoms with Crippen LogP contribution >= 0.6 is 0 Å². The van der Waals surface area contributed by atoms with Gasteiger partial charge in [0.1, 0.15) is 0 Å². The molecule has 1 aromatic rings. The molecular formula is C11H11NO5S. The van der Waals surface area contributed by atoms with Crippen LogP contribution in [0.3, 0.4) is 0 Å². The molecule has 7 heteroatoms. The van der Waals surface area contributed by atoms with Gasteiger partial charge in [-0.2, -0.15) is 8.42 Å². The van der Waals surface area contributed by atoms with Gasteiger partial charge in [-0.25, -0.2) is 0 Å². The lowest BCUT2D eigenvalue weighted by atomic mass is 10.1. The number of nitrogens with zero attached hydrogens (tertiary/aromatic N) is 1. The predicted molar refractivity (Wildman–Crippen MR) is 62.5 cm³/mol. The zero-order valence-electron chi connectivity index (χ0n) is 9.53. The van der Waals surface area contributed by atoms with Gasteiger partial charge in [0.05, 0.1) is 10.6 Å². The van der Waals surface area contributed by atoms with Gasteiger partial charge in [0.15, 0.2) is 0 Å². The maximum atomic E-state index is 11.7. The molecule has 0 spiro atoms. The van der Waals surface area contributed by atoms with E-state index in [1.54, 1.807) is 6.92 Å². The van der Waals surface area contributed by atoms with Gasteiger partial charge < -0.3 is 0 Å². The molecule has 0 bridgehead atoms. The Labute approximate surface area is 104 Å². The van der Waals surface area contributed by atoms with E-state index >= 15 is 0 Å². The SMILES string of the molecule is CC1CC(=O)N(c2ccc(S(=O)(=O)O)cc2)C1=O. The summed E-state index contributed by atoms with van der Waals surface area (Å²) in [5.74, 6) is -0.981. The van der Waals surface area contributed by atoms with Crippen molar-refractivity contribution in [2.45, 2.75) is 18.2 Å². The maximum Gasteiger partial charge on any atom is 0.294 e. The number of rotatable bonds is 2. The number of amides is 2. The highest BCUT2D eigenvalue weighted by molar-refractivity contribution is 7.85. The van der Waals surface area contributed by atoms with Crippen molar-refractivity contribution in [1.29, 1.82) is 0 Å². The van der Waals surface area contributed by atoms with Gasteiger partial charge in [-0.3, -0.25) is 19.0 Å². The van der Waals surface area contributed by atoms with E-state index in [0.717, 1.165) is 17.0 Å². The van der Waals surface area contributed by atoms with E-state index in [0.29, 0.717) is 5.69 Å². The van der Waals surface area contributed by atoms with E-state index in [2.05, 4.69) is 0 Å². The Morgan fingerprint density at radius 2 is 1.78 bits per heavy atom. The average Bonchev–Trinajstić information content (AvgIpc) is 2.52. The van der Waals surface area contributed by atoms with Crippen LogP contribution in [-0.2, 0) is 19.7 Å². The van der Waals surface area contributed by atoms with Crippen LogP contribution in [0, 0.1) is 5.92 Å². The van der Waals surface area contributed by atoms with Crippen LogP contribution < -0.4 is 4.90 Å². The third-order valence-corrected chi connectivity index (χ3v) is 3.63. The largest absolute Gasteiger partial charge is 0.294 e. The number of benzene rings is 1. The summed E-state index contributed by atoms with van der Waals surface area (Å²) >= 11 is 0. The molecule has 0 aliphatic carbocycles. The molecule has 0 aromatic heterocycles. The van der Waals surface area contributed by atoms with Crippen LogP contribution in [0.15, 0.2) is 29.2 Å². The maximum absolute atomic E-state index is 11.7. The highest BCUT2D eigenvalue weighted by Gasteiger charge is 2.36. The Morgan fingerprint density at radius 3 is 2.17 bits per heavy atom. The van der Waals surface area contributed by atoms with Crippen LogP contribution in [0.4, 0.5) is 5.69 Å². The molecule has 1 N–H and O–H groups in total. The second kappa shape index (κ2) is 4.18. The smallest absolute Gasteiger partial charge is 0.282 e. The van der Waals surface area contributed by atoms with E-state index in [9.17, 15) is 18.0 Å².